The largest absolute Gasteiger partial charge is 0.382 e. The van der Waals surface area contributed by atoms with Crippen LogP contribution in [0.2, 0.25) is 0 Å². The van der Waals surface area contributed by atoms with Crippen molar-refractivity contribution in [3.8, 4) is 0 Å². The summed E-state index contributed by atoms with van der Waals surface area (Å²) in [7, 11) is 3.70. The molecule has 18 heavy (non-hydrogen) atoms. The first-order chi connectivity index (χ1) is 8.85. The lowest BCUT2D eigenvalue weighted by Gasteiger charge is -2.45. The normalized spacial score (nSPS) is 33.3. The molecule has 2 fully saturated rings. The van der Waals surface area contributed by atoms with Crippen LogP contribution in [-0.2, 0) is 14.2 Å². The molecule has 2 aliphatic carbocycles. The van der Waals surface area contributed by atoms with Crippen molar-refractivity contribution in [1.29, 1.82) is 0 Å². The Bertz CT molecular complexity index is 231. The van der Waals surface area contributed by atoms with Crippen LogP contribution in [0.3, 0.4) is 0 Å². The summed E-state index contributed by atoms with van der Waals surface area (Å²) in [6.45, 7) is 1.31. The Kier molecular flexibility index (Phi) is 5.89. The van der Waals surface area contributed by atoms with Crippen LogP contribution in [0.25, 0.3) is 0 Å². The zero-order valence-electron chi connectivity index (χ0n) is 11.7. The van der Waals surface area contributed by atoms with Crippen LogP contribution in [0.5, 0.6) is 0 Å². The molecule has 0 aliphatic heterocycles. The van der Waals surface area contributed by atoms with E-state index in [1.807, 2.05) is 7.05 Å². The Morgan fingerprint density at radius 2 is 1.89 bits per heavy atom. The molecule has 2 saturated carbocycles. The molecule has 0 saturated heterocycles. The van der Waals surface area contributed by atoms with E-state index in [0.717, 1.165) is 6.42 Å². The smallest absolute Gasteiger partial charge is 0.0991 e. The lowest BCUT2D eigenvalue weighted by molar-refractivity contribution is -0.174. The minimum absolute atomic E-state index is 0.201. The summed E-state index contributed by atoms with van der Waals surface area (Å²) in [4.78, 5) is 0. The predicted molar refractivity (Wildman–Crippen MR) is 70.8 cm³/mol. The lowest BCUT2D eigenvalue weighted by Crippen LogP contribution is -2.60. The predicted octanol–water partition coefficient (Wildman–Crippen LogP) is 1.73. The molecule has 0 amide bonds. The zero-order valence-corrected chi connectivity index (χ0v) is 11.7. The van der Waals surface area contributed by atoms with Crippen LogP contribution in [0.1, 0.15) is 38.5 Å². The van der Waals surface area contributed by atoms with E-state index in [-0.39, 0.29) is 12.2 Å². The molecule has 2 aliphatic rings. The molecule has 0 aromatic rings. The summed E-state index contributed by atoms with van der Waals surface area (Å²) in [6, 6.07) is 0.440. The molecule has 0 aromatic heterocycles. The monoisotopic (exact) mass is 257 g/mol. The van der Waals surface area contributed by atoms with Crippen molar-refractivity contribution in [2.24, 2.45) is 0 Å². The van der Waals surface area contributed by atoms with Crippen LogP contribution in [-0.4, -0.2) is 51.7 Å². The number of likely N-dealkylation sites (N-methyl/N-ethyl adjacent to an activating group) is 1. The Hall–Kier alpha value is -0.160. The van der Waals surface area contributed by atoms with Gasteiger partial charge in [0.1, 0.15) is 0 Å². The van der Waals surface area contributed by atoms with E-state index in [2.05, 4.69) is 5.32 Å². The number of hydrogen-bond acceptors (Lipinski definition) is 4. The van der Waals surface area contributed by atoms with Crippen LogP contribution in [0, 0.1) is 0 Å². The van der Waals surface area contributed by atoms with Gasteiger partial charge in [-0.2, -0.15) is 0 Å². The van der Waals surface area contributed by atoms with Gasteiger partial charge in [-0.15, -0.1) is 0 Å². The second-order valence-corrected chi connectivity index (χ2v) is 5.39. The highest BCUT2D eigenvalue weighted by molar-refractivity contribution is 4.97. The number of hydrogen-bond donors (Lipinski definition) is 1. The highest BCUT2D eigenvalue weighted by atomic mass is 16.6. The highest BCUT2D eigenvalue weighted by Gasteiger charge is 2.43. The van der Waals surface area contributed by atoms with E-state index in [4.69, 9.17) is 14.2 Å². The quantitative estimate of drug-likeness (QED) is 0.705. The van der Waals surface area contributed by atoms with Gasteiger partial charge in [0.2, 0.25) is 0 Å². The van der Waals surface area contributed by atoms with Gasteiger partial charge >= 0.3 is 0 Å². The van der Waals surface area contributed by atoms with Crippen LogP contribution in [0.15, 0.2) is 0 Å². The van der Waals surface area contributed by atoms with Gasteiger partial charge in [-0.25, -0.2) is 0 Å². The minimum Gasteiger partial charge on any atom is -0.382 e. The van der Waals surface area contributed by atoms with Gasteiger partial charge in [-0.3, -0.25) is 0 Å². The summed E-state index contributed by atoms with van der Waals surface area (Å²) >= 11 is 0. The SMILES string of the molecule is CNC1CC(OC2CCCCC2)C1OCCOC. The molecule has 0 heterocycles. The molecule has 0 bridgehead atoms. The summed E-state index contributed by atoms with van der Waals surface area (Å²) in [6.07, 6.45) is 8.49. The van der Waals surface area contributed by atoms with E-state index >= 15 is 0 Å². The van der Waals surface area contributed by atoms with Crippen molar-refractivity contribution < 1.29 is 14.2 Å². The number of nitrogens with one attached hydrogen (secondary N) is 1. The topological polar surface area (TPSA) is 39.7 Å². The van der Waals surface area contributed by atoms with Crippen molar-refractivity contribution in [2.75, 3.05) is 27.4 Å². The van der Waals surface area contributed by atoms with Crippen molar-refractivity contribution in [1.82, 2.24) is 5.32 Å². The fraction of sp³-hybridized carbons (Fsp3) is 1.00. The Balaban J connectivity index is 1.72. The third kappa shape index (κ3) is 3.67. The molecule has 4 heteroatoms. The maximum absolute atomic E-state index is 6.20. The average molecular weight is 257 g/mol. The first kappa shape index (κ1) is 14.3. The minimum atomic E-state index is 0.201. The van der Waals surface area contributed by atoms with Crippen LogP contribution < -0.4 is 5.32 Å². The number of rotatable bonds is 7. The van der Waals surface area contributed by atoms with Crippen molar-refractivity contribution in [3.05, 3.63) is 0 Å². The third-order valence-corrected chi connectivity index (χ3v) is 4.14. The van der Waals surface area contributed by atoms with Crippen molar-refractivity contribution in [2.45, 2.75) is 62.9 Å². The fourth-order valence-corrected chi connectivity index (χ4v) is 2.94. The summed E-state index contributed by atoms with van der Waals surface area (Å²) < 4.78 is 17.1. The standard InChI is InChI=1S/C14H27NO3/c1-15-12-10-13(14(12)17-9-8-16-2)18-11-6-4-3-5-7-11/h11-15H,3-10H2,1-2H3. The molecule has 3 unspecified atom stereocenters. The van der Waals surface area contributed by atoms with Crippen LogP contribution in [0.4, 0.5) is 0 Å². The van der Waals surface area contributed by atoms with Gasteiger partial charge in [-0.05, 0) is 26.3 Å². The molecule has 0 spiro atoms. The van der Waals surface area contributed by atoms with Gasteiger partial charge < -0.3 is 19.5 Å². The van der Waals surface area contributed by atoms with E-state index in [1.54, 1.807) is 7.11 Å². The van der Waals surface area contributed by atoms with E-state index in [0.29, 0.717) is 25.4 Å². The van der Waals surface area contributed by atoms with E-state index in [9.17, 15) is 0 Å². The maximum Gasteiger partial charge on any atom is 0.0991 e. The van der Waals surface area contributed by atoms with E-state index < -0.39 is 0 Å². The van der Waals surface area contributed by atoms with E-state index in [1.165, 1.54) is 32.1 Å². The Morgan fingerprint density at radius 1 is 1.11 bits per heavy atom. The summed E-state index contributed by atoms with van der Waals surface area (Å²) in [5.41, 5.74) is 0. The molecule has 106 valence electrons. The van der Waals surface area contributed by atoms with Crippen molar-refractivity contribution >= 4 is 0 Å². The van der Waals surface area contributed by atoms with Crippen molar-refractivity contribution in [3.63, 3.8) is 0 Å². The molecule has 0 aromatic carbocycles. The zero-order chi connectivity index (χ0) is 12.8. The van der Waals surface area contributed by atoms with Gasteiger partial charge in [0, 0.05) is 13.2 Å². The number of methoxy groups -OCH3 is 1. The molecule has 3 atom stereocenters. The Morgan fingerprint density at radius 3 is 2.56 bits per heavy atom. The first-order valence-corrected chi connectivity index (χ1v) is 7.28. The third-order valence-electron chi connectivity index (χ3n) is 4.14. The number of ether oxygens (including phenoxy) is 3. The highest BCUT2D eigenvalue weighted by Crippen LogP contribution is 2.31. The summed E-state index contributed by atoms with van der Waals surface area (Å²) in [5, 5.41) is 3.30. The summed E-state index contributed by atoms with van der Waals surface area (Å²) in [5.74, 6) is 0. The van der Waals surface area contributed by atoms with Gasteiger partial charge in [0.25, 0.3) is 0 Å². The van der Waals surface area contributed by atoms with Crippen LogP contribution >= 0.6 is 0 Å². The van der Waals surface area contributed by atoms with Gasteiger partial charge in [0.15, 0.2) is 0 Å². The molecule has 1 N–H and O–H groups in total. The second kappa shape index (κ2) is 7.43. The Labute approximate surface area is 110 Å². The fourth-order valence-electron chi connectivity index (χ4n) is 2.94. The maximum atomic E-state index is 6.20. The molecular formula is C14H27NO3. The van der Waals surface area contributed by atoms with Gasteiger partial charge in [0.05, 0.1) is 31.5 Å². The average Bonchev–Trinajstić information content (AvgIpc) is 2.40. The first-order valence-electron chi connectivity index (χ1n) is 7.28. The lowest BCUT2D eigenvalue weighted by atomic mass is 9.84. The molecule has 2 rings (SSSR count). The molecule has 4 nitrogen and oxygen atoms in total. The molecular weight excluding hydrogens is 230 g/mol. The second-order valence-electron chi connectivity index (χ2n) is 5.39. The van der Waals surface area contributed by atoms with Gasteiger partial charge in [-0.1, -0.05) is 19.3 Å². The molecule has 0 radical (unpaired) electrons.